The van der Waals surface area contributed by atoms with Gasteiger partial charge in [0.2, 0.25) is 5.43 Å². The Hall–Kier alpha value is -3.53. The van der Waals surface area contributed by atoms with Crippen LogP contribution < -0.4 is 10.3 Å². The summed E-state index contributed by atoms with van der Waals surface area (Å²) < 4.78 is 41.5. The first-order valence-corrected chi connectivity index (χ1v) is 10.5. The lowest BCUT2D eigenvalue weighted by Gasteiger charge is -2.18. The third kappa shape index (κ3) is 4.01. The highest BCUT2D eigenvalue weighted by Gasteiger charge is 2.31. The van der Waals surface area contributed by atoms with Crippen molar-refractivity contribution in [2.45, 2.75) is 20.0 Å². The normalized spacial score (nSPS) is 11.7. The van der Waals surface area contributed by atoms with Gasteiger partial charge in [0.25, 0.3) is 5.91 Å². The maximum absolute atomic E-state index is 13.2. The van der Waals surface area contributed by atoms with Crippen LogP contribution >= 0.6 is 11.3 Å². The van der Waals surface area contributed by atoms with E-state index in [1.807, 2.05) is 24.3 Å². The minimum atomic E-state index is -4.53. The monoisotopic (exact) mass is 458 g/mol. The van der Waals surface area contributed by atoms with E-state index in [1.165, 1.54) is 41.4 Å². The fraction of sp³-hybridized carbons (Fsp3) is 0.182. The molecule has 0 aliphatic carbocycles. The number of anilines is 1. The zero-order valence-electron chi connectivity index (χ0n) is 17.1. The minimum absolute atomic E-state index is 0.0920. The first-order valence-electron chi connectivity index (χ1n) is 9.65. The molecule has 0 saturated carbocycles. The molecule has 0 bridgehead atoms. The van der Waals surface area contributed by atoms with Crippen LogP contribution in [-0.4, -0.2) is 27.2 Å². The number of hydrogen-bond donors (Lipinski definition) is 0. The Kier molecular flexibility index (Phi) is 5.55. The third-order valence-electron chi connectivity index (χ3n) is 4.80. The van der Waals surface area contributed by atoms with Gasteiger partial charge in [0.05, 0.1) is 21.5 Å². The summed E-state index contributed by atoms with van der Waals surface area (Å²) in [5, 5.41) is 4.54. The Morgan fingerprint density at radius 1 is 1.12 bits per heavy atom. The van der Waals surface area contributed by atoms with Crippen molar-refractivity contribution in [2.75, 3.05) is 11.4 Å². The van der Waals surface area contributed by atoms with Gasteiger partial charge in [-0.25, -0.2) is 9.67 Å². The average molecular weight is 458 g/mol. The second-order valence-corrected chi connectivity index (χ2v) is 7.98. The highest BCUT2D eigenvalue weighted by atomic mass is 32.1. The van der Waals surface area contributed by atoms with E-state index in [1.54, 1.807) is 6.92 Å². The number of carbonyl (C=O) groups is 1. The van der Waals surface area contributed by atoms with Crippen LogP contribution in [0.15, 0.2) is 59.4 Å². The van der Waals surface area contributed by atoms with E-state index in [4.69, 9.17) is 0 Å². The van der Waals surface area contributed by atoms with Gasteiger partial charge in [0.1, 0.15) is 0 Å². The van der Waals surface area contributed by atoms with Crippen LogP contribution in [0.4, 0.5) is 18.3 Å². The van der Waals surface area contributed by atoms with E-state index in [9.17, 15) is 22.8 Å². The smallest absolute Gasteiger partial charge is 0.287 e. The maximum Gasteiger partial charge on any atom is 0.416 e. The van der Waals surface area contributed by atoms with Crippen LogP contribution in [0.25, 0.3) is 15.9 Å². The predicted octanol–water partition coefficient (Wildman–Crippen LogP) is 4.84. The molecule has 0 aliphatic rings. The molecule has 6 nitrogen and oxygen atoms in total. The number of amides is 1. The molecular formula is C22H17F3N4O2S. The van der Waals surface area contributed by atoms with Crippen molar-refractivity contribution in [2.24, 2.45) is 0 Å². The van der Waals surface area contributed by atoms with Gasteiger partial charge in [0.15, 0.2) is 10.8 Å². The maximum atomic E-state index is 13.2. The molecule has 0 fully saturated rings. The van der Waals surface area contributed by atoms with Gasteiger partial charge in [-0.15, -0.1) is 0 Å². The summed E-state index contributed by atoms with van der Waals surface area (Å²) in [6.07, 6.45) is -4.53. The van der Waals surface area contributed by atoms with Crippen molar-refractivity contribution in [3.63, 3.8) is 0 Å². The number of thiazole rings is 1. The van der Waals surface area contributed by atoms with Crippen molar-refractivity contribution in [3.05, 3.63) is 81.8 Å². The molecule has 32 heavy (non-hydrogen) atoms. The van der Waals surface area contributed by atoms with Gasteiger partial charge in [-0.3, -0.25) is 14.5 Å². The van der Waals surface area contributed by atoms with Crippen molar-refractivity contribution in [1.82, 2.24) is 14.8 Å². The van der Waals surface area contributed by atoms with E-state index in [-0.39, 0.29) is 12.2 Å². The molecule has 4 rings (SSSR count). The summed E-state index contributed by atoms with van der Waals surface area (Å²) in [6, 6.07) is 13.1. The van der Waals surface area contributed by atoms with Crippen LogP contribution in [0, 0.1) is 6.92 Å². The molecular weight excluding hydrogens is 441 g/mol. The molecule has 2 aromatic heterocycles. The molecule has 1 amide bonds. The Labute approximate surface area is 184 Å². The van der Waals surface area contributed by atoms with E-state index in [0.29, 0.717) is 10.8 Å². The van der Waals surface area contributed by atoms with Gasteiger partial charge in [-0.2, -0.15) is 18.3 Å². The molecule has 0 unspecified atom stereocenters. The van der Waals surface area contributed by atoms with Crippen LogP contribution in [0.5, 0.6) is 0 Å². The molecule has 10 heteroatoms. The number of hydrogen-bond acceptors (Lipinski definition) is 5. The molecule has 164 valence electrons. The summed E-state index contributed by atoms with van der Waals surface area (Å²) in [4.78, 5) is 31.6. The van der Waals surface area contributed by atoms with Crippen LogP contribution in [0.3, 0.4) is 0 Å². The Morgan fingerprint density at radius 3 is 2.56 bits per heavy atom. The summed E-state index contributed by atoms with van der Waals surface area (Å²) in [5.74, 6) is -0.669. The summed E-state index contributed by atoms with van der Waals surface area (Å²) in [5.41, 5.74) is -0.753. The quantitative estimate of drug-likeness (QED) is 0.439. The zero-order chi connectivity index (χ0) is 23.0. The number of aryl methyl sites for hydroxylation is 1. The second kappa shape index (κ2) is 8.19. The lowest BCUT2D eigenvalue weighted by molar-refractivity contribution is -0.137. The first kappa shape index (κ1) is 21.7. The predicted molar refractivity (Wildman–Crippen MR) is 117 cm³/mol. The van der Waals surface area contributed by atoms with Gasteiger partial charge >= 0.3 is 6.18 Å². The molecule has 0 spiro atoms. The molecule has 0 saturated heterocycles. The topological polar surface area (TPSA) is 68.1 Å². The van der Waals surface area contributed by atoms with Gasteiger partial charge in [-0.05, 0) is 44.2 Å². The molecule has 2 aromatic carbocycles. The molecule has 0 aliphatic heterocycles. The number of fused-ring (bicyclic) bond motifs is 1. The molecule has 2 heterocycles. The molecule has 0 radical (unpaired) electrons. The lowest BCUT2D eigenvalue weighted by atomic mass is 10.2. The highest BCUT2D eigenvalue weighted by Crippen LogP contribution is 2.31. The number of halogens is 3. The largest absolute Gasteiger partial charge is 0.416 e. The lowest BCUT2D eigenvalue weighted by Crippen LogP contribution is -2.36. The number of rotatable bonds is 4. The first-order chi connectivity index (χ1) is 15.2. The highest BCUT2D eigenvalue weighted by molar-refractivity contribution is 7.22. The van der Waals surface area contributed by atoms with E-state index < -0.39 is 28.8 Å². The SMILES string of the molecule is CCN(C(=O)c1nn(-c2cccc(C(F)(F)F)c2)c(C)cc1=O)c1nc2ccccc2s1. The number of nitrogens with zero attached hydrogens (tertiary/aromatic N) is 4. The summed E-state index contributed by atoms with van der Waals surface area (Å²) in [7, 11) is 0. The second-order valence-electron chi connectivity index (χ2n) is 6.97. The average Bonchev–Trinajstić information content (AvgIpc) is 3.17. The van der Waals surface area contributed by atoms with Gasteiger partial charge < -0.3 is 0 Å². The van der Waals surface area contributed by atoms with Crippen LogP contribution in [0.1, 0.15) is 28.7 Å². The molecule has 0 N–H and O–H groups in total. The summed E-state index contributed by atoms with van der Waals surface area (Å²) >= 11 is 1.30. The van der Waals surface area contributed by atoms with E-state index in [2.05, 4.69) is 10.1 Å². The third-order valence-corrected chi connectivity index (χ3v) is 5.86. The van der Waals surface area contributed by atoms with E-state index >= 15 is 0 Å². The van der Waals surface area contributed by atoms with Crippen molar-refractivity contribution >= 4 is 32.6 Å². The fourth-order valence-corrected chi connectivity index (χ4v) is 4.27. The van der Waals surface area contributed by atoms with Crippen molar-refractivity contribution in [3.8, 4) is 5.69 Å². The number of benzene rings is 2. The molecule has 4 aromatic rings. The standard InChI is InChI=1S/C22H17F3N4O2S/c1-3-28(21-26-16-9-4-5-10-18(16)32-21)20(31)19-17(30)11-13(2)29(27-19)15-8-6-7-14(12-15)22(23,24)25/h4-12H,3H2,1-2H3. The van der Waals surface area contributed by atoms with Crippen LogP contribution in [-0.2, 0) is 6.18 Å². The van der Waals surface area contributed by atoms with Crippen LogP contribution in [0.2, 0.25) is 0 Å². The number of para-hydroxylation sites is 1. The zero-order valence-corrected chi connectivity index (χ0v) is 17.9. The Balaban J connectivity index is 1.78. The van der Waals surface area contributed by atoms with Gasteiger partial charge in [-0.1, -0.05) is 29.5 Å². The van der Waals surface area contributed by atoms with Crippen molar-refractivity contribution < 1.29 is 18.0 Å². The Bertz CT molecular complexity index is 1340. The number of aromatic nitrogens is 3. The minimum Gasteiger partial charge on any atom is -0.287 e. The fourth-order valence-electron chi connectivity index (χ4n) is 3.24. The molecule has 0 atom stereocenters. The summed E-state index contributed by atoms with van der Waals surface area (Å²) in [6.45, 7) is 3.51. The van der Waals surface area contributed by atoms with E-state index in [0.717, 1.165) is 27.0 Å². The van der Waals surface area contributed by atoms with Crippen molar-refractivity contribution in [1.29, 1.82) is 0 Å². The van der Waals surface area contributed by atoms with Gasteiger partial charge in [0, 0.05) is 18.3 Å². The number of carbonyl (C=O) groups excluding carboxylic acids is 1. The number of alkyl halides is 3. The Morgan fingerprint density at radius 2 is 1.88 bits per heavy atom.